The zero-order valence-electron chi connectivity index (χ0n) is 11.8. The largest absolute Gasteiger partial charge is 0.487 e. The number of fused-ring (bicyclic) bond motifs is 1. The summed E-state index contributed by atoms with van der Waals surface area (Å²) in [7, 11) is 0. The molecule has 1 atom stereocenters. The van der Waals surface area contributed by atoms with Crippen LogP contribution in [0.4, 0.5) is 10.8 Å². The molecule has 1 aromatic heterocycles. The minimum atomic E-state index is 0.231. The number of benzene rings is 1. The maximum Gasteiger partial charge on any atom is 0.180 e. The summed E-state index contributed by atoms with van der Waals surface area (Å²) in [6.07, 6.45) is 1.36. The second-order valence-corrected chi connectivity index (χ2v) is 6.02. The van der Waals surface area contributed by atoms with Crippen molar-refractivity contribution >= 4 is 22.2 Å². The van der Waals surface area contributed by atoms with E-state index >= 15 is 0 Å². The Morgan fingerprint density at radius 1 is 1.50 bits per heavy atom. The van der Waals surface area contributed by atoms with Gasteiger partial charge in [0.2, 0.25) is 0 Å². The third-order valence-corrected chi connectivity index (χ3v) is 4.09. The van der Waals surface area contributed by atoms with Crippen molar-refractivity contribution in [3.63, 3.8) is 0 Å². The zero-order chi connectivity index (χ0) is 14.1. The van der Waals surface area contributed by atoms with Crippen LogP contribution in [0.15, 0.2) is 23.6 Å². The van der Waals surface area contributed by atoms with Gasteiger partial charge in [-0.05, 0) is 31.5 Å². The third kappa shape index (κ3) is 2.45. The summed E-state index contributed by atoms with van der Waals surface area (Å²) in [5, 5.41) is 2.60. The maximum absolute atomic E-state index is 5.92. The Balaban J connectivity index is 1.99. The van der Waals surface area contributed by atoms with Gasteiger partial charge in [0.05, 0.1) is 17.9 Å². The first-order valence-electron chi connectivity index (χ1n) is 6.94. The smallest absolute Gasteiger partial charge is 0.180 e. The Morgan fingerprint density at radius 2 is 2.35 bits per heavy atom. The van der Waals surface area contributed by atoms with Crippen LogP contribution in [0.5, 0.6) is 5.75 Å². The molecule has 0 saturated carbocycles. The number of thiazole rings is 1. The zero-order valence-corrected chi connectivity index (χ0v) is 12.6. The van der Waals surface area contributed by atoms with Crippen LogP contribution < -0.4 is 15.4 Å². The molecule has 2 heterocycles. The van der Waals surface area contributed by atoms with Gasteiger partial charge >= 0.3 is 0 Å². The highest BCUT2D eigenvalue weighted by Crippen LogP contribution is 2.37. The summed E-state index contributed by atoms with van der Waals surface area (Å²) >= 11 is 1.47. The quantitative estimate of drug-likeness (QED) is 0.941. The normalized spacial score (nSPS) is 17.7. The Labute approximate surface area is 123 Å². The number of nitrogens with zero attached hydrogens (tertiary/aromatic N) is 2. The fourth-order valence-corrected chi connectivity index (χ4v) is 3.16. The summed E-state index contributed by atoms with van der Waals surface area (Å²) in [6.45, 7) is 6.29. The van der Waals surface area contributed by atoms with Gasteiger partial charge in [-0.25, -0.2) is 4.98 Å². The molecule has 3 rings (SSSR count). The molecule has 1 aromatic carbocycles. The molecule has 0 amide bonds. The molecule has 4 nitrogen and oxygen atoms in total. The molecule has 106 valence electrons. The highest BCUT2D eigenvalue weighted by Gasteiger charge is 2.23. The second kappa shape index (κ2) is 5.32. The van der Waals surface area contributed by atoms with Gasteiger partial charge in [-0.2, -0.15) is 0 Å². The van der Waals surface area contributed by atoms with Crippen molar-refractivity contribution in [2.45, 2.75) is 26.4 Å². The minimum absolute atomic E-state index is 0.231. The van der Waals surface area contributed by atoms with E-state index in [1.165, 1.54) is 11.3 Å². The van der Waals surface area contributed by atoms with E-state index in [4.69, 9.17) is 10.5 Å². The first-order valence-corrected chi connectivity index (χ1v) is 7.82. The third-order valence-electron chi connectivity index (χ3n) is 3.42. The van der Waals surface area contributed by atoms with E-state index in [2.05, 4.69) is 35.9 Å². The number of aromatic nitrogens is 1. The van der Waals surface area contributed by atoms with Crippen LogP contribution in [0.3, 0.4) is 0 Å². The van der Waals surface area contributed by atoms with Crippen molar-refractivity contribution in [1.29, 1.82) is 0 Å². The molecular weight excluding hydrogens is 270 g/mol. The molecule has 0 aliphatic carbocycles. The number of anilines is 2. The van der Waals surface area contributed by atoms with Gasteiger partial charge in [-0.15, -0.1) is 11.3 Å². The Hall–Kier alpha value is -1.75. The van der Waals surface area contributed by atoms with E-state index in [1.54, 1.807) is 0 Å². The molecule has 1 unspecified atom stereocenters. The van der Waals surface area contributed by atoms with Gasteiger partial charge in [0.15, 0.2) is 5.13 Å². The number of nitrogens with two attached hydrogens (primary N) is 1. The Bertz CT molecular complexity index is 611. The lowest BCUT2D eigenvalue weighted by Gasteiger charge is -2.35. The van der Waals surface area contributed by atoms with Crippen LogP contribution in [-0.2, 0) is 0 Å². The van der Waals surface area contributed by atoms with Crippen molar-refractivity contribution in [3.8, 4) is 17.0 Å². The lowest BCUT2D eigenvalue weighted by molar-refractivity contribution is 0.212. The minimum Gasteiger partial charge on any atom is -0.487 e. The first-order chi connectivity index (χ1) is 9.67. The fourth-order valence-electron chi connectivity index (χ4n) is 2.59. The van der Waals surface area contributed by atoms with Gasteiger partial charge in [-0.3, -0.25) is 0 Å². The number of hydrogen-bond acceptors (Lipinski definition) is 5. The average Bonchev–Trinajstić information content (AvgIpc) is 2.85. The summed E-state index contributed by atoms with van der Waals surface area (Å²) in [4.78, 5) is 6.74. The molecule has 0 fully saturated rings. The van der Waals surface area contributed by atoms with Gasteiger partial charge in [0.25, 0.3) is 0 Å². The van der Waals surface area contributed by atoms with E-state index < -0.39 is 0 Å². The van der Waals surface area contributed by atoms with Crippen LogP contribution in [-0.4, -0.2) is 24.2 Å². The van der Waals surface area contributed by atoms with Crippen LogP contribution in [0.2, 0.25) is 0 Å². The predicted molar refractivity (Wildman–Crippen MR) is 84.6 cm³/mol. The SMILES string of the molecule is CCCN1CC(C)Oc2ccc(-c3csc(N)n3)cc21. The van der Waals surface area contributed by atoms with E-state index in [9.17, 15) is 0 Å². The van der Waals surface area contributed by atoms with E-state index in [-0.39, 0.29) is 6.10 Å². The van der Waals surface area contributed by atoms with Gasteiger partial charge in [-0.1, -0.05) is 6.92 Å². The highest BCUT2D eigenvalue weighted by molar-refractivity contribution is 7.13. The second-order valence-electron chi connectivity index (χ2n) is 5.13. The average molecular weight is 289 g/mol. The predicted octanol–water partition coefficient (Wildman–Crippen LogP) is 3.39. The van der Waals surface area contributed by atoms with E-state index in [0.29, 0.717) is 5.13 Å². The van der Waals surface area contributed by atoms with Crippen LogP contribution in [0.25, 0.3) is 11.3 Å². The molecule has 2 aromatic rings. The van der Waals surface area contributed by atoms with Gasteiger partial charge < -0.3 is 15.4 Å². The van der Waals surface area contributed by atoms with Crippen molar-refractivity contribution in [2.75, 3.05) is 23.7 Å². The van der Waals surface area contributed by atoms with Crippen molar-refractivity contribution in [2.24, 2.45) is 0 Å². The molecule has 0 bridgehead atoms. The van der Waals surface area contributed by atoms with E-state index in [1.807, 2.05) is 11.4 Å². The standard InChI is InChI=1S/C15H19N3OS/c1-3-6-18-8-10(2)19-14-5-4-11(7-13(14)18)12-9-20-15(16)17-12/h4-5,7,9-10H,3,6,8H2,1-2H3,(H2,16,17). The van der Waals surface area contributed by atoms with Crippen LogP contribution in [0, 0.1) is 0 Å². The molecule has 0 saturated heterocycles. The van der Waals surface area contributed by atoms with Crippen molar-refractivity contribution in [3.05, 3.63) is 23.6 Å². The van der Waals surface area contributed by atoms with Crippen LogP contribution in [0.1, 0.15) is 20.3 Å². The molecule has 2 N–H and O–H groups in total. The summed E-state index contributed by atoms with van der Waals surface area (Å²) in [5.41, 5.74) is 8.91. The number of rotatable bonds is 3. The molecule has 1 aliphatic rings. The topological polar surface area (TPSA) is 51.4 Å². The summed E-state index contributed by atoms with van der Waals surface area (Å²) in [6, 6.07) is 6.25. The number of hydrogen-bond donors (Lipinski definition) is 1. The lowest BCUT2D eigenvalue weighted by atomic mass is 10.1. The Kier molecular flexibility index (Phi) is 3.53. The molecule has 1 aliphatic heterocycles. The van der Waals surface area contributed by atoms with Crippen molar-refractivity contribution < 1.29 is 4.74 Å². The van der Waals surface area contributed by atoms with Crippen molar-refractivity contribution in [1.82, 2.24) is 4.98 Å². The lowest BCUT2D eigenvalue weighted by Crippen LogP contribution is -2.38. The monoisotopic (exact) mass is 289 g/mol. The van der Waals surface area contributed by atoms with Gasteiger partial charge in [0, 0.05) is 17.5 Å². The van der Waals surface area contributed by atoms with E-state index in [0.717, 1.165) is 42.2 Å². The number of nitrogen functional groups attached to an aromatic ring is 1. The molecule has 0 radical (unpaired) electrons. The summed E-state index contributed by atoms with van der Waals surface area (Å²) in [5.74, 6) is 0.962. The summed E-state index contributed by atoms with van der Waals surface area (Å²) < 4.78 is 5.92. The first kappa shape index (κ1) is 13.2. The van der Waals surface area contributed by atoms with Crippen LogP contribution >= 0.6 is 11.3 Å². The molecule has 20 heavy (non-hydrogen) atoms. The molecule has 0 spiro atoms. The maximum atomic E-state index is 5.92. The highest BCUT2D eigenvalue weighted by atomic mass is 32.1. The van der Waals surface area contributed by atoms with Gasteiger partial charge in [0.1, 0.15) is 11.9 Å². The molecular formula is C15H19N3OS. The Morgan fingerprint density at radius 3 is 3.05 bits per heavy atom. The molecule has 5 heteroatoms. The number of ether oxygens (including phenoxy) is 1. The fraction of sp³-hybridized carbons (Fsp3) is 0.400.